The van der Waals surface area contributed by atoms with Crippen molar-refractivity contribution in [2.45, 2.75) is 18.9 Å². The Morgan fingerprint density at radius 1 is 1.23 bits per heavy atom. The molecule has 0 saturated carbocycles. The van der Waals surface area contributed by atoms with Crippen molar-refractivity contribution in [3.05, 3.63) is 28.3 Å². The van der Waals surface area contributed by atoms with Crippen molar-refractivity contribution < 1.29 is 27.1 Å². The highest BCUT2D eigenvalue weighted by Crippen LogP contribution is 2.34. The van der Waals surface area contributed by atoms with E-state index < -0.39 is 39.6 Å². The van der Waals surface area contributed by atoms with Gasteiger partial charge in [-0.25, -0.2) is 8.78 Å². The van der Waals surface area contributed by atoms with Crippen molar-refractivity contribution >= 4 is 40.0 Å². The third kappa shape index (κ3) is 3.38. The molecule has 1 heterocycles. The Kier molecular flexibility index (Phi) is 5.34. The Bertz CT molecular complexity index is 603. The highest BCUT2D eigenvalue weighted by Gasteiger charge is 2.34. The fraction of sp³-hybridized carbons (Fsp3) is 0.417. The van der Waals surface area contributed by atoms with Gasteiger partial charge in [0.15, 0.2) is 23.0 Å². The summed E-state index contributed by atoms with van der Waals surface area (Å²) in [5, 5.41) is 2.97. The molecular formula is C12H9Cl2F4NO2S. The van der Waals surface area contributed by atoms with E-state index in [-0.39, 0.29) is 11.8 Å². The van der Waals surface area contributed by atoms with E-state index in [4.69, 9.17) is 32.8 Å². The van der Waals surface area contributed by atoms with Crippen molar-refractivity contribution in [2.75, 3.05) is 11.8 Å². The van der Waals surface area contributed by atoms with Crippen molar-refractivity contribution in [3.63, 3.8) is 0 Å². The average molecular weight is 378 g/mol. The van der Waals surface area contributed by atoms with E-state index in [0.717, 1.165) is 11.8 Å². The van der Waals surface area contributed by atoms with E-state index in [9.17, 15) is 17.6 Å². The van der Waals surface area contributed by atoms with Crippen LogP contribution >= 0.6 is 35.0 Å². The minimum absolute atomic E-state index is 0.207. The van der Waals surface area contributed by atoms with Crippen LogP contribution in [0.2, 0.25) is 5.02 Å². The summed E-state index contributed by atoms with van der Waals surface area (Å²) < 4.78 is 58.3. The number of hydrogen-bond donors (Lipinski definition) is 0. The first kappa shape index (κ1) is 17.5. The molecule has 1 aliphatic heterocycles. The van der Waals surface area contributed by atoms with Gasteiger partial charge in [0.1, 0.15) is 16.0 Å². The van der Waals surface area contributed by atoms with Gasteiger partial charge in [-0.2, -0.15) is 8.78 Å². The van der Waals surface area contributed by atoms with Gasteiger partial charge in [-0.15, -0.1) is 11.6 Å². The van der Waals surface area contributed by atoms with Crippen molar-refractivity contribution in [1.29, 1.82) is 0 Å². The molecule has 0 aromatic heterocycles. The van der Waals surface area contributed by atoms with Crippen molar-refractivity contribution in [3.8, 4) is 5.75 Å². The summed E-state index contributed by atoms with van der Waals surface area (Å²) in [4.78, 5) is 5.10. The summed E-state index contributed by atoms with van der Waals surface area (Å²) in [6.07, 6.45) is 0.388. The molecule has 0 saturated heterocycles. The Morgan fingerprint density at radius 2 is 1.82 bits per heavy atom. The van der Waals surface area contributed by atoms with Gasteiger partial charge < -0.3 is 9.57 Å². The maximum Gasteiger partial charge on any atom is 0.205 e. The molecule has 1 aromatic carbocycles. The number of ether oxygens (including phenoxy) is 1. The molecule has 1 aromatic rings. The molecule has 0 spiro atoms. The van der Waals surface area contributed by atoms with Gasteiger partial charge >= 0.3 is 0 Å². The third-order valence-corrected chi connectivity index (χ3v) is 4.46. The molecule has 22 heavy (non-hydrogen) atoms. The van der Waals surface area contributed by atoms with Crippen LogP contribution in [-0.4, -0.2) is 22.5 Å². The molecule has 2 rings (SSSR count). The average Bonchev–Trinajstić information content (AvgIpc) is 2.89. The molecule has 0 amide bonds. The Balaban J connectivity index is 2.02. The number of oxime groups is 1. The summed E-state index contributed by atoms with van der Waals surface area (Å²) >= 11 is 11.8. The summed E-state index contributed by atoms with van der Waals surface area (Å²) in [5.74, 6) is -8.10. The van der Waals surface area contributed by atoms with Crippen LogP contribution in [0.3, 0.4) is 0 Å². The molecule has 1 unspecified atom stereocenters. The second-order valence-electron chi connectivity index (χ2n) is 4.64. The fourth-order valence-corrected chi connectivity index (χ4v) is 2.68. The largest absolute Gasteiger partial charge is 0.476 e. The molecule has 122 valence electrons. The van der Waals surface area contributed by atoms with E-state index >= 15 is 0 Å². The van der Waals surface area contributed by atoms with E-state index in [1.54, 1.807) is 6.92 Å². The predicted octanol–water partition coefficient (Wildman–Crippen LogP) is 4.70. The lowest BCUT2D eigenvalue weighted by Gasteiger charge is -2.16. The van der Waals surface area contributed by atoms with Gasteiger partial charge in [0, 0.05) is 6.42 Å². The number of rotatable bonds is 4. The number of nitrogens with zero attached hydrogens (tertiary/aromatic N) is 1. The predicted molar refractivity (Wildman–Crippen MR) is 76.6 cm³/mol. The van der Waals surface area contributed by atoms with E-state index in [0.29, 0.717) is 11.5 Å². The lowest BCUT2D eigenvalue weighted by molar-refractivity contribution is 0.0152. The summed E-state index contributed by atoms with van der Waals surface area (Å²) in [7, 11) is 0. The number of benzene rings is 1. The van der Waals surface area contributed by atoms with Gasteiger partial charge in [0.2, 0.25) is 11.6 Å². The minimum Gasteiger partial charge on any atom is -0.476 e. The van der Waals surface area contributed by atoms with Crippen LogP contribution in [-0.2, 0) is 4.84 Å². The van der Waals surface area contributed by atoms with Crippen LogP contribution in [0.25, 0.3) is 0 Å². The normalized spacial score (nSPS) is 20.8. The van der Waals surface area contributed by atoms with Gasteiger partial charge in [0.05, 0.1) is 5.88 Å². The topological polar surface area (TPSA) is 30.8 Å². The lowest BCUT2D eigenvalue weighted by Crippen LogP contribution is -2.26. The van der Waals surface area contributed by atoms with Crippen LogP contribution in [0.5, 0.6) is 5.75 Å². The summed E-state index contributed by atoms with van der Waals surface area (Å²) in [6, 6.07) is 0. The standard InChI is InChI=1S/C12H9Cl2F4NO2S/c1-12(3-13)2-5(19-21-12)22-4-20-11-9(17)7(15)6(14)8(16)10(11)18/h2-4H2,1H3. The monoisotopic (exact) mass is 377 g/mol. The smallest absolute Gasteiger partial charge is 0.205 e. The highest BCUT2D eigenvalue weighted by molar-refractivity contribution is 8.13. The molecular weight excluding hydrogens is 369 g/mol. The van der Waals surface area contributed by atoms with Crippen molar-refractivity contribution in [2.24, 2.45) is 5.16 Å². The lowest BCUT2D eigenvalue weighted by atomic mass is 10.1. The zero-order valence-electron chi connectivity index (χ0n) is 11.1. The third-order valence-electron chi connectivity index (χ3n) is 2.77. The number of halogens is 6. The fourth-order valence-electron chi connectivity index (χ4n) is 1.56. The van der Waals surface area contributed by atoms with E-state index in [2.05, 4.69) is 5.16 Å². The van der Waals surface area contributed by atoms with Gasteiger partial charge in [0.25, 0.3) is 0 Å². The van der Waals surface area contributed by atoms with Crippen LogP contribution in [0, 0.1) is 23.3 Å². The minimum atomic E-state index is -1.71. The molecule has 0 fully saturated rings. The molecule has 1 atom stereocenters. The van der Waals surface area contributed by atoms with Crippen LogP contribution in [0.4, 0.5) is 17.6 Å². The van der Waals surface area contributed by atoms with Gasteiger partial charge in [-0.05, 0) is 6.92 Å². The first-order chi connectivity index (χ1) is 10.3. The van der Waals surface area contributed by atoms with Crippen LogP contribution in [0.1, 0.15) is 13.3 Å². The molecule has 3 nitrogen and oxygen atoms in total. The number of hydrogen-bond acceptors (Lipinski definition) is 4. The quantitative estimate of drug-likeness (QED) is 0.250. The number of thioether (sulfide) groups is 1. The second kappa shape index (κ2) is 6.72. The molecule has 0 bridgehead atoms. The number of alkyl halides is 1. The van der Waals surface area contributed by atoms with E-state index in [1.165, 1.54) is 0 Å². The van der Waals surface area contributed by atoms with Gasteiger partial charge in [-0.3, -0.25) is 0 Å². The van der Waals surface area contributed by atoms with E-state index in [1.807, 2.05) is 0 Å². The van der Waals surface area contributed by atoms with Crippen LogP contribution in [0.15, 0.2) is 5.16 Å². The zero-order chi connectivity index (χ0) is 16.5. The maximum absolute atomic E-state index is 13.5. The Hall–Kier alpha value is -0.860. The zero-order valence-corrected chi connectivity index (χ0v) is 13.4. The Labute approximate surface area is 137 Å². The summed E-state index contributed by atoms with van der Waals surface area (Å²) in [5.41, 5.74) is -0.654. The molecule has 0 N–H and O–H groups in total. The molecule has 0 radical (unpaired) electrons. The summed E-state index contributed by atoms with van der Waals surface area (Å²) in [6.45, 7) is 1.74. The first-order valence-electron chi connectivity index (χ1n) is 5.87. The van der Waals surface area contributed by atoms with Crippen molar-refractivity contribution in [1.82, 2.24) is 0 Å². The Morgan fingerprint density at radius 3 is 2.32 bits per heavy atom. The van der Waals surface area contributed by atoms with Crippen LogP contribution < -0.4 is 4.74 Å². The SMILES string of the molecule is CC1(CCl)CC(SCOc2c(F)c(F)c(Cl)c(F)c2F)=NO1. The molecule has 1 aliphatic rings. The molecule has 10 heteroatoms. The molecule has 0 aliphatic carbocycles. The maximum atomic E-state index is 13.5. The second-order valence-corrected chi connectivity index (χ2v) is 6.28. The highest BCUT2D eigenvalue weighted by atomic mass is 35.5. The first-order valence-corrected chi connectivity index (χ1v) is 7.77. The van der Waals surface area contributed by atoms with Gasteiger partial charge in [-0.1, -0.05) is 28.5 Å².